The lowest BCUT2D eigenvalue weighted by Gasteiger charge is -2.02. The highest BCUT2D eigenvalue weighted by molar-refractivity contribution is 7.98. The summed E-state index contributed by atoms with van der Waals surface area (Å²) in [6.45, 7) is 0. The molecule has 3 aromatic rings. The third-order valence-corrected chi connectivity index (χ3v) is 3.72. The van der Waals surface area contributed by atoms with E-state index in [1.54, 1.807) is 17.8 Å². The standard InChI is InChI=1S/C16H13N3O2S/c1-22-13-9-5-8-12(10-13)14(20)17-16-19-18-15(21-16)11-6-3-2-4-7-11/h2-10H,1H3,(H,17,19,20). The summed E-state index contributed by atoms with van der Waals surface area (Å²) in [5.74, 6) is 0.0907. The molecule has 1 heterocycles. The molecule has 0 unspecified atom stereocenters. The smallest absolute Gasteiger partial charge is 0.322 e. The van der Waals surface area contributed by atoms with Crippen LogP contribution in [0.5, 0.6) is 0 Å². The van der Waals surface area contributed by atoms with Gasteiger partial charge >= 0.3 is 6.01 Å². The Labute approximate surface area is 131 Å². The Hall–Kier alpha value is -2.60. The summed E-state index contributed by atoms with van der Waals surface area (Å²) >= 11 is 1.58. The van der Waals surface area contributed by atoms with Crippen molar-refractivity contribution < 1.29 is 9.21 Å². The summed E-state index contributed by atoms with van der Waals surface area (Å²) in [5, 5.41) is 10.4. The molecule has 0 radical (unpaired) electrons. The van der Waals surface area contributed by atoms with Gasteiger partial charge in [-0.05, 0) is 36.6 Å². The van der Waals surface area contributed by atoms with Crippen molar-refractivity contribution in [3.8, 4) is 11.5 Å². The van der Waals surface area contributed by atoms with Crippen LogP contribution in [0.25, 0.3) is 11.5 Å². The first-order valence-corrected chi connectivity index (χ1v) is 7.83. The molecule has 2 aromatic carbocycles. The summed E-state index contributed by atoms with van der Waals surface area (Å²) in [5.41, 5.74) is 1.35. The number of nitrogens with one attached hydrogen (secondary N) is 1. The Morgan fingerprint density at radius 2 is 1.91 bits per heavy atom. The Morgan fingerprint density at radius 3 is 2.68 bits per heavy atom. The first-order chi connectivity index (χ1) is 10.8. The van der Waals surface area contributed by atoms with Crippen molar-refractivity contribution in [3.63, 3.8) is 0 Å². The lowest BCUT2D eigenvalue weighted by molar-refractivity contribution is 0.102. The average molecular weight is 311 g/mol. The molecule has 0 aliphatic heterocycles. The molecule has 110 valence electrons. The molecule has 6 heteroatoms. The van der Waals surface area contributed by atoms with E-state index in [2.05, 4.69) is 15.5 Å². The molecule has 1 N–H and O–H groups in total. The maximum absolute atomic E-state index is 12.2. The maximum Gasteiger partial charge on any atom is 0.322 e. The molecule has 0 fully saturated rings. The van der Waals surface area contributed by atoms with Gasteiger partial charge in [-0.15, -0.1) is 16.9 Å². The number of thioether (sulfide) groups is 1. The summed E-state index contributed by atoms with van der Waals surface area (Å²) in [6, 6.07) is 16.8. The lowest BCUT2D eigenvalue weighted by atomic mass is 10.2. The van der Waals surface area contributed by atoms with E-state index in [1.807, 2.05) is 54.8 Å². The van der Waals surface area contributed by atoms with Gasteiger partial charge in [0, 0.05) is 16.0 Å². The molecule has 3 rings (SSSR count). The van der Waals surface area contributed by atoms with Crippen molar-refractivity contribution in [1.29, 1.82) is 0 Å². The van der Waals surface area contributed by atoms with E-state index in [1.165, 1.54) is 0 Å². The average Bonchev–Trinajstić information content (AvgIpc) is 3.04. The fourth-order valence-corrected chi connectivity index (χ4v) is 2.36. The van der Waals surface area contributed by atoms with Crippen LogP contribution in [0.4, 0.5) is 6.01 Å². The molecule has 1 amide bonds. The van der Waals surface area contributed by atoms with Crippen LogP contribution >= 0.6 is 11.8 Å². The fraction of sp³-hybridized carbons (Fsp3) is 0.0625. The molecule has 22 heavy (non-hydrogen) atoms. The molecule has 0 bridgehead atoms. The third kappa shape index (κ3) is 3.17. The Kier molecular flexibility index (Phi) is 4.20. The van der Waals surface area contributed by atoms with Gasteiger partial charge in [-0.2, -0.15) is 0 Å². The van der Waals surface area contributed by atoms with E-state index in [0.29, 0.717) is 11.5 Å². The van der Waals surface area contributed by atoms with E-state index in [4.69, 9.17) is 4.42 Å². The minimum absolute atomic E-state index is 0.0819. The first kappa shape index (κ1) is 14.3. The molecule has 1 aromatic heterocycles. The van der Waals surface area contributed by atoms with Crippen LogP contribution in [0, 0.1) is 0 Å². The van der Waals surface area contributed by atoms with E-state index in [9.17, 15) is 4.79 Å². The second kappa shape index (κ2) is 6.44. The topological polar surface area (TPSA) is 68.0 Å². The van der Waals surface area contributed by atoms with E-state index < -0.39 is 0 Å². The van der Waals surface area contributed by atoms with Gasteiger partial charge in [0.1, 0.15) is 0 Å². The van der Waals surface area contributed by atoms with Gasteiger partial charge in [-0.1, -0.05) is 29.4 Å². The van der Waals surface area contributed by atoms with Gasteiger partial charge in [-0.3, -0.25) is 10.1 Å². The number of amides is 1. The number of aromatic nitrogens is 2. The van der Waals surface area contributed by atoms with Crippen LogP contribution < -0.4 is 5.32 Å². The first-order valence-electron chi connectivity index (χ1n) is 6.60. The molecular weight excluding hydrogens is 298 g/mol. The highest BCUT2D eigenvalue weighted by Crippen LogP contribution is 2.20. The van der Waals surface area contributed by atoms with Crippen molar-refractivity contribution in [1.82, 2.24) is 10.2 Å². The zero-order valence-corrected chi connectivity index (χ0v) is 12.6. The van der Waals surface area contributed by atoms with Crippen molar-refractivity contribution in [2.24, 2.45) is 0 Å². The molecule has 0 spiro atoms. The van der Waals surface area contributed by atoms with Crippen molar-refractivity contribution in [2.45, 2.75) is 4.90 Å². The maximum atomic E-state index is 12.2. The highest BCUT2D eigenvalue weighted by Gasteiger charge is 2.12. The number of carbonyl (C=O) groups excluding carboxylic acids is 1. The van der Waals surface area contributed by atoms with E-state index in [0.717, 1.165) is 10.5 Å². The van der Waals surface area contributed by atoms with Crippen molar-refractivity contribution >= 4 is 23.7 Å². The quantitative estimate of drug-likeness (QED) is 0.744. The van der Waals surface area contributed by atoms with Crippen LogP contribution in [0.1, 0.15) is 10.4 Å². The molecule has 0 aliphatic rings. The van der Waals surface area contributed by atoms with Gasteiger partial charge < -0.3 is 4.42 Å². The van der Waals surface area contributed by atoms with Gasteiger partial charge in [0.15, 0.2) is 0 Å². The van der Waals surface area contributed by atoms with Gasteiger partial charge in [0.25, 0.3) is 5.91 Å². The number of hydrogen-bond donors (Lipinski definition) is 1. The minimum Gasteiger partial charge on any atom is -0.403 e. The van der Waals surface area contributed by atoms with E-state index in [-0.39, 0.29) is 11.9 Å². The summed E-state index contributed by atoms with van der Waals surface area (Å²) in [7, 11) is 0. The Morgan fingerprint density at radius 1 is 1.09 bits per heavy atom. The second-order valence-electron chi connectivity index (χ2n) is 4.46. The van der Waals surface area contributed by atoms with Crippen molar-refractivity contribution in [3.05, 3.63) is 60.2 Å². The second-order valence-corrected chi connectivity index (χ2v) is 5.34. The predicted octanol–water partition coefficient (Wildman–Crippen LogP) is 3.71. The number of anilines is 1. The Bertz CT molecular complexity index is 787. The fourth-order valence-electron chi connectivity index (χ4n) is 1.90. The van der Waals surface area contributed by atoms with Gasteiger partial charge in [0.05, 0.1) is 0 Å². The number of carbonyl (C=O) groups is 1. The molecular formula is C16H13N3O2S. The zero-order valence-electron chi connectivity index (χ0n) is 11.8. The highest BCUT2D eigenvalue weighted by atomic mass is 32.2. The van der Waals surface area contributed by atoms with Crippen LogP contribution in [0.3, 0.4) is 0 Å². The molecule has 0 saturated heterocycles. The molecule has 0 saturated carbocycles. The molecule has 0 aliphatic carbocycles. The van der Waals surface area contributed by atoms with Gasteiger partial charge in [0.2, 0.25) is 5.89 Å². The largest absolute Gasteiger partial charge is 0.403 e. The van der Waals surface area contributed by atoms with Crippen molar-refractivity contribution in [2.75, 3.05) is 11.6 Å². The molecule has 5 nitrogen and oxygen atoms in total. The minimum atomic E-state index is -0.279. The number of benzene rings is 2. The number of nitrogens with zero attached hydrogens (tertiary/aromatic N) is 2. The molecule has 0 atom stereocenters. The monoisotopic (exact) mass is 311 g/mol. The third-order valence-electron chi connectivity index (χ3n) is 3.00. The van der Waals surface area contributed by atoms with Crippen LogP contribution in [0.2, 0.25) is 0 Å². The predicted molar refractivity (Wildman–Crippen MR) is 85.9 cm³/mol. The SMILES string of the molecule is CSc1cccc(C(=O)Nc2nnc(-c3ccccc3)o2)c1. The Balaban J connectivity index is 1.76. The van der Waals surface area contributed by atoms with Crippen LogP contribution in [0.15, 0.2) is 63.9 Å². The summed E-state index contributed by atoms with van der Waals surface area (Å²) in [4.78, 5) is 13.2. The number of rotatable bonds is 4. The zero-order chi connectivity index (χ0) is 15.4. The summed E-state index contributed by atoms with van der Waals surface area (Å²) in [6.07, 6.45) is 1.96. The normalized spacial score (nSPS) is 10.4. The van der Waals surface area contributed by atoms with Crippen LogP contribution in [-0.2, 0) is 0 Å². The lowest BCUT2D eigenvalue weighted by Crippen LogP contribution is -2.12. The number of hydrogen-bond acceptors (Lipinski definition) is 5. The van der Waals surface area contributed by atoms with Crippen LogP contribution in [-0.4, -0.2) is 22.4 Å². The van der Waals surface area contributed by atoms with E-state index >= 15 is 0 Å². The van der Waals surface area contributed by atoms with Gasteiger partial charge in [-0.25, -0.2) is 0 Å². The summed E-state index contributed by atoms with van der Waals surface area (Å²) < 4.78 is 5.46.